The van der Waals surface area contributed by atoms with Crippen LogP contribution in [0.25, 0.3) is 0 Å². The summed E-state index contributed by atoms with van der Waals surface area (Å²) in [6, 6.07) is 9.46. The Balaban J connectivity index is 1.28. The van der Waals surface area contributed by atoms with Gasteiger partial charge in [-0.05, 0) is 37.4 Å². The Bertz CT molecular complexity index is 549. The van der Waals surface area contributed by atoms with Gasteiger partial charge < -0.3 is 19.5 Å². The highest BCUT2D eigenvalue weighted by Crippen LogP contribution is 2.31. The lowest BCUT2D eigenvalue weighted by Crippen LogP contribution is -2.42. The minimum atomic E-state index is -0.469. The molecule has 4 unspecified atom stereocenters. The zero-order valence-electron chi connectivity index (χ0n) is 12.9. The summed E-state index contributed by atoms with van der Waals surface area (Å²) in [5.74, 6) is 0.819. The number of fused-ring (bicyclic) bond motifs is 1. The normalized spacial score (nSPS) is 32.5. The monoisotopic (exact) mass is 318 g/mol. The van der Waals surface area contributed by atoms with Gasteiger partial charge in [0.15, 0.2) is 6.10 Å². The molecule has 1 aromatic rings. The average Bonchev–Trinajstić information content (AvgIpc) is 3.17. The van der Waals surface area contributed by atoms with Crippen molar-refractivity contribution in [2.75, 3.05) is 25.1 Å². The molecule has 1 aliphatic carbocycles. The number of para-hydroxylation sites is 1. The van der Waals surface area contributed by atoms with Gasteiger partial charge in [0.25, 0.3) is 0 Å². The third kappa shape index (κ3) is 3.49. The van der Waals surface area contributed by atoms with Crippen molar-refractivity contribution in [1.29, 1.82) is 0 Å². The van der Waals surface area contributed by atoms with E-state index in [1.807, 2.05) is 30.3 Å². The van der Waals surface area contributed by atoms with Crippen molar-refractivity contribution in [3.05, 3.63) is 30.3 Å². The van der Waals surface area contributed by atoms with E-state index in [2.05, 4.69) is 10.6 Å². The Labute approximate surface area is 135 Å². The molecule has 1 saturated carbocycles. The van der Waals surface area contributed by atoms with Crippen molar-refractivity contribution in [2.24, 2.45) is 5.92 Å². The minimum absolute atomic E-state index is 0.0247. The lowest BCUT2D eigenvalue weighted by molar-refractivity contribution is 0.00856. The largest absolute Gasteiger partial charge is 0.441 e. The predicted octanol–water partition coefficient (Wildman–Crippen LogP) is 1.77. The molecule has 23 heavy (non-hydrogen) atoms. The Hall–Kier alpha value is -1.63. The summed E-state index contributed by atoms with van der Waals surface area (Å²) in [5, 5.41) is 6.24. The molecule has 124 valence electrons. The molecule has 0 radical (unpaired) electrons. The third-order valence-corrected chi connectivity index (χ3v) is 4.65. The first-order valence-electron chi connectivity index (χ1n) is 8.29. The number of amides is 1. The summed E-state index contributed by atoms with van der Waals surface area (Å²) >= 11 is 0. The van der Waals surface area contributed by atoms with Crippen LogP contribution in [0.2, 0.25) is 0 Å². The molecule has 2 aliphatic heterocycles. The van der Waals surface area contributed by atoms with Gasteiger partial charge in [-0.2, -0.15) is 0 Å². The molecule has 4 atom stereocenters. The van der Waals surface area contributed by atoms with E-state index >= 15 is 0 Å². The number of benzene rings is 1. The van der Waals surface area contributed by atoms with Crippen LogP contribution in [0.3, 0.4) is 0 Å². The zero-order chi connectivity index (χ0) is 15.6. The molecule has 6 heteroatoms. The molecule has 2 saturated heterocycles. The smallest absolute Gasteiger partial charge is 0.412 e. The van der Waals surface area contributed by atoms with Crippen LogP contribution in [-0.4, -0.2) is 50.2 Å². The number of ether oxygens (including phenoxy) is 3. The van der Waals surface area contributed by atoms with Crippen LogP contribution in [0.1, 0.15) is 12.8 Å². The maximum atomic E-state index is 12.0. The first kappa shape index (κ1) is 14.9. The second kappa shape index (κ2) is 6.47. The zero-order valence-corrected chi connectivity index (χ0v) is 12.9. The van der Waals surface area contributed by atoms with Gasteiger partial charge in [0.1, 0.15) is 12.2 Å². The SMILES string of the molecule is O=C(Nc1ccccc1)OC1COC2C(NCC3CC3)COC12. The van der Waals surface area contributed by atoms with E-state index in [9.17, 15) is 4.79 Å². The van der Waals surface area contributed by atoms with Crippen LogP contribution in [0, 0.1) is 5.92 Å². The fraction of sp³-hybridized carbons (Fsp3) is 0.588. The van der Waals surface area contributed by atoms with Crippen molar-refractivity contribution >= 4 is 11.8 Å². The minimum Gasteiger partial charge on any atom is -0.441 e. The molecule has 0 spiro atoms. The molecular weight excluding hydrogens is 296 g/mol. The van der Waals surface area contributed by atoms with E-state index in [0.29, 0.717) is 18.9 Å². The Morgan fingerprint density at radius 1 is 1.13 bits per heavy atom. The summed E-state index contributed by atoms with van der Waals surface area (Å²) in [6.45, 7) is 2.03. The highest BCUT2D eigenvalue weighted by atomic mass is 16.6. The maximum absolute atomic E-state index is 12.0. The molecule has 2 N–H and O–H groups in total. The van der Waals surface area contributed by atoms with Crippen molar-refractivity contribution < 1.29 is 19.0 Å². The van der Waals surface area contributed by atoms with Gasteiger partial charge in [-0.15, -0.1) is 0 Å². The number of rotatable bonds is 5. The second-order valence-electron chi connectivity index (χ2n) is 6.49. The van der Waals surface area contributed by atoms with Gasteiger partial charge in [-0.3, -0.25) is 5.32 Å². The fourth-order valence-electron chi connectivity index (χ4n) is 3.19. The van der Waals surface area contributed by atoms with Crippen molar-refractivity contribution in [3.63, 3.8) is 0 Å². The molecule has 2 heterocycles. The predicted molar refractivity (Wildman–Crippen MR) is 84.3 cm³/mol. The molecule has 6 nitrogen and oxygen atoms in total. The first-order chi connectivity index (χ1) is 11.3. The first-order valence-corrected chi connectivity index (χ1v) is 8.29. The van der Waals surface area contributed by atoms with Crippen molar-refractivity contribution in [2.45, 2.75) is 37.2 Å². The summed E-state index contributed by atoms with van der Waals surface area (Å²) in [5.41, 5.74) is 0.712. The second-order valence-corrected chi connectivity index (χ2v) is 6.49. The van der Waals surface area contributed by atoms with E-state index in [1.54, 1.807) is 0 Å². The van der Waals surface area contributed by atoms with Crippen LogP contribution in [0.5, 0.6) is 0 Å². The van der Waals surface area contributed by atoms with Crippen LogP contribution < -0.4 is 10.6 Å². The van der Waals surface area contributed by atoms with E-state index < -0.39 is 6.09 Å². The Morgan fingerprint density at radius 3 is 2.70 bits per heavy atom. The fourth-order valence-corrected chi connectivity index (χ4v) is 3.19. The van der Waals surface area contributed by atoms with E-state index in [4.69, 9.17) is 14.2 Å². The standard InChI is InChI=1S/C17H22N2O4/c20-17(19-12-4-2-1-3-5-12)23-14-10-22-15-13(9-21-16(14)15)18-8-11-6-7-11/h1-5,11,13-16,18H,6-10H2,(H,19,20). The summed E-state index contributed by atoms with van der Waals surface area (Å²) in [4.78, 5) is 12.0. The van der Waals surface area contributed by atoms with Gasteiger partial charge in [-0.25, -0.2) is 4.79 Å². The van der Waals surface area contributed by atoms with E-state index in [1.165, 1.54) is 12.8 Å². The summed E-state index contributed by atoms with van der Waals surface area (Å²) in [7, 11) is 0. The number of carbonyl (C=O) groups is 1. The van der Waals surface area contributed by atoms with Gasteiger partial charge in [0.2, 0.25) is 0 Å². The molecule has 4 rings (SSSR count). The van der Waals surface area contributed by atoms with Gasteiger partial charge >= 0.3 is 6.09 Å². The van der Waals surface area contributed by atoms with Gasteiger partial charge in [0, 0.05) is 5.69 Å². The topological polar surface area (TPSA) is 68.8 Å². The third-order valence-electron chi connectivity index (χ3n) is 4.65. The molecule has 3 aliphatic rings. The number of anilines is 1. The Kier molecular flexibility index (Phi) is 4.20. The average molecular weight is 318 g/mol. The number of nitrogens with one attached hydrogen (secondary N) is 2. The molecule has 1 amide bonds. The lowest BCUT2D eigenvalue weighted by Gasteiger charge is -2.18. The highest BCUT2D eigenvalue weighted by molar-refractivity contribution is 5.84. The van der Waals surface area contributed by atoms with E-state index in [-0.39, 0.29) is 24.4 Å². The number of hydrogen-bond donors (Lipinski definition) is 2. The maximum Gasteiger partial charge on any atom is 0.412 e. The summed E-state index contributed by atoms with van der Waals surface area (Å²) < 4.78 is 17.1. The number of hydrogen-bond acceptors (Lipinski definition) is 5. The van der Waals surface area contributed by atoms with E-state index in [0.717, 1.165) is 12.5 Å². The van der Waals surface area contributed by atoms with Gasteiger partial charge in [0.05, 0.1) is 19.3 Å². The van der Waals surface area contributed by atoms with Crippen LogP contribution in [0.15, 0.2) is 30.3 Å². The highest BCUT2D eigenvalue weighted by Gasteiger charge is 2.49. The lowest BCUT2D eigenvalue weighted by atomic mass is 10.1. The van der Waals surface area contributed by atoms with Gasteiger partial charge in [-0.1, -0.05) is 18.2 Å². The molecule has 0 aromatic heterocycles. The summed E-state index contributed by atoms with van der Waals surface area (Å²) in [6.07, 6.45) is 1.62. The van der Waals surface area contributed by atoms with Crippen molar-refractivity contribution in [3.8, 4) is 0 Å². The van der Waals surface area contributed by atoms with Crippen molar-refractivity contribution in [1.82, 2.24) is 5.32 Å². The molecular formula is C17H22N2O4. The quantitative estimate of drug-likeness (QED) is 0.866. The van der Waals surface area contributed by atoms with Crippen LogP contribution in [0.4, 0.5) is 10.5 Å². The Morgan fingerprint density at radius 2 is 1.91 bits per heavy atom. The molecule has 3 fully saturated rings. The number of carbonyl (C=O) groups excluding carboxylic acids is 1. The molecule has 0 bridgehead atoms. The van der Waals surface area contributed by atoms with Crippen LogP contribution >= 0.6 is 0 Å². The molecule has 1 aromatic carbocycles. The van der Waals surface area contributed by atoms with Crippen LogP contribution in [-0.2, 0) is 14.2 Å².